The molecule has 1 rings (SSSR count). The molecule has 0 aromatic heterocycles. The van der Waals surface area contributed by atoms with Crippen molar-refractivity contribution in [3.05, 3.63) is 0 Å². The number of hydrogen-bond donors (Lipinski definition) is 1. The highest BCUT2D eigenvalue weighted by Crippen LogP contribution is 2.52. The van der Waals surface area contributed by atoms with Crippen LogP contribution >= 0.6 is 47.8 Å². The molecule has 0 aromatic rings. The summed E-state index contributed by atoms with van der Waals surface area (Å²) < 4.78 is -0.528. The molecule has 12 heavy (non-hydrogen) atoms. The zero-order valence-corrected chi connectivity index (χ0v) is 11.7. The summed E-state index contributed by atoms with van der Waals surface area (Å²) in [6.45, 7) is 2.09. The Balaban J connectivity index is 2.79. The lowest BCUT2D eigenvalue weighted by Crippen LogP contribution is -2.49. The second-order valence-corrected chi connectivity index (χ2v) is 10.3. The first-order valence-corrected chi connectivity index (χ1v) is 6.55. The molecule has 0 amide bonds. The van der Waals surface area contributed by atoms with Gasteiger partial charge in [-0.25, -0.2) is 0 Å². The fraction of sp³-hybridized carbons (Fsp3) is 1.00. The van der Waals surface area contributed by atoms with Gasteiger partial charge in [-0.1, -0.05) is 67.6 Å². The Morgan fingerprint density at radius 2 is 1.92 bits per heavy atom. The van der Waals surface area contributed by atoms with Gasteiger partial charge in [-0.3, -0.25) is 0 Å². The average Bonchev–Trinajstić information content (AvgIpc) is 1.93. The monoisotopic (exact) mass is 362 g/mol. The molecule has 0 heterocycles. The Kier molecular flexibility index (Phi) is 3.70. The third-order valence-corrected chi connectivity index (χ3v) is 4.81. The van der Waals surface area contributed by atoms with E-state index in [1.165, 1.54) is 6.42 Å². The third kappa shape index (κ3) is 2.07. The summed E-state index contributed by atoms with van der Waals surface area (Å²) in [6.07, 6.45) is 4.27. The maximum absolute atomic E-state index is 10.3. The summed E-state index contributed by atoms with van der Waals surface area (Å²) in [5.74, 6) is 0.323. The molecule has 0 aliphatic heterocycles. The Bertz CT molecular complexity index is 166. The predicted molar refractivity (Wildman–Crippen MR) is 62.1 cm³/mol. The van der Waals surface area contributed by atoms with Crippen LogP contribution in [0.25, 0.3) is 0 Å². The van der Waals surface area contributed by atoms with Crippen molar-refractivity contribution in [3.8, 4) is 0 Å². The quantitative estimate of drug-likeness (QED) is 0.649. The van der Waals surface area contributed by atoms with E-state index in [0.717, 1.165) is 19.3 Å². The van der Waals surface area contributed by atoms with Crippen molar-refractivity contribution in [1.29, 1.82) is 0 Å². The lowest BCUT2D eigenvalue weighted by Gasteiger charge is -2.43. The van der Waals surface area contributed by atoms with Crippen molar-refractivity contribution in [3.63, 3.8) is 0 Å². The standard InChI is InChI=1S/C8H13Br3O/c1-6-4-2-3-5-7(6,12)8(9,10)11/h6,12H,2-5H2,1H3/t6-,7-/m1/s1. The molecule has 1 aliphatic rings. The smallest absolute Gasteiger partial charge is 0.163 e. The summed E-state index contributed by atoms with van der Waals surface area (Å²) in [5, 5.41) is 10.3. The molecule has 1 saturated carbocycles. The van der Waals surface area contributed by atoms with Crippen molar-refractivity contribution >= 4 is 47.8 Å². The normalized spacial score (nSPS) is 38.2. The molecule has 1 aliphatic carbocycles. The van der Waals surface area contributed by atoms with Crippen LogP contribution in [0.2, 0.25) is 0 Å². The number of alkyl halides is 3. The zero-order chi connectivity index (χ0) is 9.41. The van der Waals surface area contributed by atoms with Gasteiger partial charge >= 0.3 is 0 Å². The van der Waals surface area contributed by atoms with Crippen LogP contribution in [0.5, 0.6) is 0 Å². The van der Waals surface area contributed by atoms with Crippen LogP contribution in [0, 0.1) is 5.92 Å². The van der Waals surface area contributed by atoms with Crippen molar-refractivity contribution in [2.24, 2.45) is 5.92 Å². The third-order valence-electron chi connectivity index (χ3n) is 2.75. The van der Waals surface area contributed by atoms with Gasteiger partial charge in [0.15, 0.2) is 2.14 Å². The minimum atomic E-state index is -0.675. The van der Waals surface area contributed by atoms with E-state index < -0.39 is 7.74 Å². The van der Waals surface area contributed by atoms with Crippen LogP contribution < -0.4 is 0 Å². The van der Waals surface area contributed by atoms with Crippen molar-refractivity contribution in [1.82, 2.24) is 0 Å². The highest BCUT2D eigenvalue weighted by atomic mass is 80.0. The summed E-state index contributed by atoms with van der Waals surface area (Å²) in [6, 6.07) is 0. The van der Waals surface area contributed by atoms with Gasteiger partial charge < -0.3 is 5.11 Å². The molecule has 0 aromatic carbocycles. The van der Waals surface area contributed by atoms with E-state index in [9.17, 15) is 5.11 Å². The van der Waals surface area contributed by atoms with Gasteiger partial charge in [-0.2, -0.15) is 0 Å². The van der Waals surface area contributed by atoms with Crippen LogP contribution in [0.1, 0.15) is 32.6 Å². The molecule has 72 valence electrons. The minimum absolute atomic E-state index is 0.323. The minimum Gasteiger partial charge on any atom is -0.386 e. The van der Waals surface area contributed by atoms with Crippen LogP contribution in [-0.2, 0) is 0 Å². The first kappa shape index (κ1) is 11.5. The highest BCUT2D eigenvalue weighted by molar-refractivity contribution is 9.39. The van der Waals surface area contributed by atoms with Gasteiger partial charge in [-0.15, -0.1) is 0 Å². The fourth-order valence-electron chi connectivity index (χ4n) is 1.75. The topological polar surface area (TPSA) is 20.2 Å². The van der Waals surface area contributed by atoms with E-state index in [-0.39, 0.29) is 0 Å². The van der Waals surface area contributed by atoms with Crippen LogP contribution in [-0.4, -0.2) is 12.9 Å². The molecular weight excluding hydrogens is 352 g/mol. The molecule has 2 atom stereocenters. The first-order valence-electron chi connectivity index (χ1n) is 4.17. The summed E-state index contributed by atoms with van der Waals surface area (Å²) in [7, 11) is 0. The van der Waals surface area contributed by atoms with E-state index in [0.29, 0.717) is 5.92 Å². The van der Waals surface area contributed by atoms with E-state index >= 15 is 0 Å². The van der Waals surface area contributed by atoms with Crippen LogP contribution in [0.15, 0.2) is 0 Å². The molecule has 0 bridgehead atoms. The number of hydrogen-bond acceptors (Lipinski definition) is 1. The maximum atomic E-state index is 10.3. The number of rotatable bonds is 0. The molecule has 0 spiro atoms. The van der Waals surface area contributed by atoms with Gasteiger partial charge in [0.05, 0.1) is 0 Å². The van der Waals surface area contributed by atoms with Gasteiger partial charge in [-0.05, 0) is 18.8 Å². The molecule has 1 nitrogen and oxygen atoms in total. The number of aliphatic hydroxyl groups is 1. The SMILES string of the molecule is C[C@@H]1CCCC[C@]1(O)C(Br)(Br)Br. The lowest BCUT2D eigenvalue weighted by molar-refractivity contribution is -0.0287. The molecule has 0 saturated heterocycles. The summed E-state index contributed by atoms with van der Waals surface area (Å²) in [4.78, 5) is 0. The van der Waals surface area contributed by atoms with Crippen LogP contribution in [0.3, 0.4) is 0 Å². The molecule has 0 unspecified atom stereocenters. The second-order valence-electron chi connectivity index (χ2n) is 3.57. The van der Waals surface area contributed by atoms with Crippen molar-refractivity contribution in [2.45, 2.75) is 40.4 Å². The van der Waals surface area contributed by atoms with Crippen molar-refractivity contribution in [2.75, 3.05) is 0 Å². The Hall–Kier alpha value is 1.40. The summed E-state index contributed by atoms with van der Waals surface area (Å²) >= 11 is 10.3. The van der Waals surface area contributed by atoms with E-state index in [4.69, 9.17) is 0 Å². The average molecular weight is 365 g/mol. The second kappa shape index (κ2) is 3.87. The van der Waals surface area contributed by atoms with Gasteiger partial charge in [0, 0.05) is 0 Å². The zero-order valence-electron chi connectivity index (χ0n) is 6.99. The van der Waals surface area contributed by atoms with Crippen LogP contribution in [0.4, 0.5) is 0 Å². The van der Waals surface area contributed by atoms with Gasteiger partial charge in [0.25, 0.3) is 0 Å². The van der Waals surface area contributed by atoms with Gasteiger partial charge in [0.1, 0.15) is 5.60 Å². The molecule has 0 radical (unpaired) electrons. The fourth-order valence-corrected chi connectivity index (χ4v) is 3.52. The Morgan fingerprint density at radius 3 is 2.25 bits per heavy atom. The molecule has 4 heteroatoms. The first-order chi connectivity index (χ1) is 5.38. The largest absolute Gasteiger partial charge is 0.386 e. The number of halogens is 3. The van der Waals surface area contributed by atoms with Crippen molar-refractivity contribution < 1.29 is 5.11 Å². The molecule has 1 fully saturated rings. The maximum Gasteiger partial charge on any atom is 0.163 e. The summed E-state index contributed by atoms with van der Waals surface area (Å²) in [5.41, 5.74) is -0.675. The Labute approximate surface area is 98.7 Å². The predicted octanol–water partition coefficient (Wildman–Crippen LogP) is 3.77. The lowest BCUT2D eigenvalue weighted by atomic mass is 9.78. The molecular formula is C8H13Br3O. The van der Waals surface area contributed by atoms with E-state index in [1.54, 1.807) is 0 Å². The van der Waals surface area contributed by atoms with Gasteiger partial charge in [0.2, 0.25) is 0 Å². The van der Waals surface area contributed by atoms with E-state index in [1.807, 2.05) is 0 Å². The molecule has 1 N–H and O–H groups in total. The Morgan fingerprint density at radius 1 is 1.33 bits per heavy atom. The van der Waals surface area contributed by atoms with E-state index in [2.05, 4.69) is 54.7 Å². The highest BCUT2D eigenvalue weighted by Gasteiger charge is 2.49.